The molecular weight excluding hydrogens is 246 g/mol. The zero-order valence-electron chi connectivity index (χ0n) is 11.0. The molecule has 0 aliphatic carbocycles. The van der Waals surface area contributed by atoms with E-state index in [4.69, 9.17) is 0 Å². The van der Waals surface area contributed by atoms with Crippen molar-refractivity contribution in [2.24, 2.45) is 0 Å². The predicted octanol–water partition coefficient (Wildman–Crippen LogP) is -0.0446. The minimum atomic E-state index is -0.499. The van der Waals surface area contributed by atoms with E-state index in [0.717, 1.165) is 19.6 Å². The van der Waals surface area contributed by atoms with Gasteiger partial charge in [0.15, 0.2) is 0 Å². The van der Waals surface area contributed by atoms with E-state index in [-0.39, 0.29) is 17.2 Å². The maximum atomic E-state index is 12.3. The van der Waals surface area contributed by atoms with Crippen LogP contribution in [0.25, 0.3) is 0 Å². The molecule has 1 aromatic rings. The topological polar surface area (TPSA) is 67.9 Å². The van der Waals surface area contributed by atoms with Gasteiger partial charge in [0.05, 0.1) is 37.6 Å². The van der Waals surface area contributed by atoms with Gasteiger partial charge in [-0.15, -0.1) is 0 Å². The molecule has 102 valence electrons. The summed E-state index contributed by atoms with van der Waals surface area (Å²) in [6.07, 6.45) is 0. The first-order valence-electron chi connectivity index (χ1n) is 6.49. The second-order valence-corrected chi connectivity index (χ2v) is 4.67. The van der Waals surface area contributed by atoms with E-state index in [1.165, 1.54) is 17.0 Å². The van der Waals surface area contributed by atoms with Crippen LogP contribution in [0.2, 0.25) is 0 Å². The van der Waals surface area contributed by atoms with E-state index in [9.17, 15) is 14.9 Å². The van der Waals surface area contributed by atoms with Crippen LogP contribution in [0.5, 0.6) is 0 Å². The summed E-state index contributed by atoms with van der Waals surface area (Å²) >= 11 is 0. The first-order chi connectivity index (χ1) is 9.13. The number of piperazine rings is 1. The van der Waals surface area contributed by atoms with Crippen LogP contribution in [0, 0.1) is 10.1 Å². The molecule has 1 N–H and O–H groups in total. The number of carbonyl (C=O) groups excluding carboxylic acids is 1. The molecule has 0 spiro atoms. The first-order valence-corrected chi connectivity index (χ1v) is 6.49. The molecule has 1 aliphatic heterocycles. The Kier molecular flexibility index (Phi) is 4.11. The van der Waals surface area contributed by atoms with Gasteiger partial charge >= 0.3 is 0 Å². The number of amides is 1. The number of carbonyl (C=O) groups is 1. The molecule has 1 amide bonds. The number of para-hydroxylation sites is 1. The second kappa shape index (κ2) is 5.79. The highest BCUT2D eigenvalue weighted by Gasteiger charge is 2.27. The molecular formula is C13H18N3O3+. The van der Waals surface area contributed by atoms with Crippen molar-refractivity contribution in [2.45, 2.75) is 6.92 Å². The molecule has 6 nitrogen and oxygen atoms in total. The maximum absolute atomic E-state index is 12.3. The number of nitro groups is 1. The minimum Gasteiger partial charge on any atom is -0.332 e. The van der Waals surface area contributed by atoms with E-state index in [1.807, 2.05) is 0 Å². The Balaban J connectivity index is 2.15. The van der Waals surface area contributed by atoms with Crippen molar-refractivity contribution in [2.75, 3.05) is 32.7 Å². The summed E-state index contributed by atoms with van der Waals surface area (Å²) < 4.78 is 0. The summed E-state index contributed by atoms with van der Waals surface area (Å²) in [5.74, 6) is -0.234. The minimum absolute atomic E-state index is 0.113. The highest BCUT2D eigenvalue weighted by molar-refractivity contribution is 5.98. The van der Waals surface area contributed by atoms with Gasteiger partial charge in [-0.25, -0.2) is 0 Å². The Morgan fingerprint density at radius 2 is 2.00 bits per heavy atom. The number of benzene rings is 1. The number of nitrogens with zero attached hydrogens (tertiary/aromatic N) is 2. The fourth-order valence-corrected chi connectivity index (χ4v) is 2.36. The van der Waals surface area contributed by atoms with Crippen molar-refractivity contribution in [1.82, 2.24) is 4.90 Å². The van der Waals surface area contributed by atoms with Gasteiger partial charge in [0, 0.05) is 6.07 Å². The SMILES string of the molecule is CC[NH+]1CCN(C(=O)c2ccccc2[N+](=O)[O-])CC1. The van der Waals surface area contributed by atoms with E-state index in [2.05, 4.69) is 6.92 Å². The lowest BCUT2D eigenvalue weighted by molar-refractivity contribution is -0.902. The van der Waals surface area contributed by atoms with Gasteiger partial charge in [0.1, 0.15) is 5.56 Å². The average Bonchev–Trinajstić information content (AvgIpc) is 2.46. The van der Waals surface area contributed by atoms with Crippen molar-refractivity contribution in [3.8, 4) is 0 Å². The van der Waals surface area contributed by atoms with Gasteiger partial charge in [-0.1, -0.05) is 12.1 Å². The molecule has 1 saturated heterocycles. The third-order valence-corrected chi connectivity index (χ3v) is 3.59. The zero-order valence-corrected chi connectivity index (χ0v) is 11.0. The van der Waals surface area contributed by atoms with Gasteiger partial charge in [-0.05, 0) is 13.0 Å². The fourth-order valence-electron chi connectivity index (χ4n) is 2.36. The Labute approximate surface area is 111 Å². The lowest BCUT2D eigenvalue weighted by Crippen LogP contribution is -3.14. The number of quaternary nitrogens is 1. The summed E-state index contributed by atoms with van der Waals surface area (Å²) in [4.78, 5) is 25.9. The summed E-state index contributed by atoms with van der Waals surface area (Å²) in [6.45, 7) is 6.30. The summed E-state index contributed by atoms with van der Waals surface area (Å²) in [5.41, 5.74) is 0.0743. The normalized spacial score (nSPS) is 16.4. The standard InChI is InChI=1S/C13H17N3O3/c1-2-14-7-9-15(10-8-14)13(17)11-5-3-4-6-12(11)16(18)19/h3-6H,2,7-10H2,1H3/p+1. The summed E-state index contributed by atoms with van der Waals surface area (Å²) in [5, 5.41) is 10.9. The molecule has 1 aliphatic rings. The summed E-state index contributed by atoms with van der Waals surface area (Å²) in [6, 6.07) is 6.14. The molecule has 0 atom stereocenters. The monoisotopic (exact) mass is 264 g/mol. The molecule has 0 bridgehead atoms. The second-order valence-electron chi connectivity index (χ2n) is 4.67. The zero-order chi connectivity index (χ0) is 13.8. The van der Waals surface area contributed by atoms with Crippen molar-refractivity contribution < 1.29 is 14.6 Å². The van der Waals surface area contributed by atoms with Gasteiger partial charge in [0.2, 0.25) is 0 Å². The van der Waals surface area contributed by atoms with Crippen LogP contribution in [-0.2, 0) is 0 Å². The van der Waals surface area contributed by atoms with Gasteiger partial charge < -0.3 is 9.80 Å². The Morgan fingerprint density at radius 3 is 2.58 bits per heavy atom. The number of nitro benzene ring substituents is 1. The number of hydrogen-bond acceptors (Lipinski definition) is 3. The quantitative estimate of drug-likeness (QED) is 0.615. The molecule has 0 aromatic heterocycles. The number of likely N-dealkylation sites (N-methyl/N-ethyl adjacent to an activating group) is 1. The van der Waals surface area contributed by atoms with Crippen molar-refractivity contribution >= 4 is 11.6 Å². The van der Waals surface area contributed by atoms with Gasteiger partial charge in [0.25, 0.3) is 11.6 Å². The van der Waals surface area contributed by atoms with E-state index >= 15 is 0 Å². The highest BCUT2D eigenvalue weighted by Crippen LogP contribution is 2.19. The molecule has 1 heterocycles. The Morgan fingerprint density at radius 1 is 1.37 bits per heavy atom. The lowest BCUT2D eigenvalue weighted by Gasteiger charge is -2.31. The van der Waals surface area contributed by atoms with Gasteiger partial charge in [-0.3, -0.25) is 14.9 Å². The van der Waals surface area contributed by atoms with Crippen LogP contribution in [0.1, 0.15) is 17.3 Å². The Hall–Kier alpha value is -1.95. The van der Waals surface area contributed by atoms with Crippen LogP contribution >= 0.6 is 0 Å². The molecule has 0 unspecified atom stereocenters. The van der Waals surface area contributed by atoms with Crippen LogP contribution in [-0.4, -0.2) is 48.5 Å². The van der Waals surface area contributed by atoms with Crippen LogP contribution < -0.4 is 4.90 Å². The third kappa shape index (κ3) is 2.90. The predicted molar refractivity (Wildman–Crippen MR) is 70.2 cm³/mol. The molecule has 19 heavy (non-hydrogen) atoms. The van der Waals surface area contributed by atoms with Crippen LogP contribution in [0.4, 0.5) is 5.69 Å². The van der Waals surface area contributed by atoms with Crippen molar-refractivity contribution in [3.05, 3.63) is 39.9 Å². The number of nitrogens with one attached hydrogen (secondary N) is 1. The number of hydrogen-bond donors (Lipinski definition) is 1. The van der Waals surface area contributed by atoms with Crippen molar-refractivity contribution in [1.29, 1.82) is 0 Å². The lowest BCUT2D eigenvalue weighted by atomic mass is 10.1. The van der Waals surface area contributed by atoms with E-state index in [1.54, 1.807) is 17.0 Å². The smallest absolute Gasteiger partial charge is 0.282 e. The molecule has 1 fully saturated rings. The van der Waals surface area contributed by atoms with Crippen LogP contribution in [0.15, 0.2) is 24.3 Å². The van der Waals surface area contributed by atoms with E-state index in [0.29, 0.717) is 13.1 Å². The molecule has 0 saturated carbocycles. The highest BCUT2D eigenvalue weighted by atomic mass is 16.6. The van der Waals surface area contributed by atoms with Crippen LogP contribution in [0.3, 0.4) is 0 Å². The van der Waals surface area contributed by atoms with Gasteiger partial charge in [-0.2, -0.15) is 0 Å². The fraction of sp³-hybridized carbons (Fsp3) is 0.462. The number of rotatable bonds is 3. The van der Waals surface area contributed by atoms with Crippen molar-refractivity contribution in [3.63, 3.8) is 0 Å². The molecule has 6 heteroatoms. The maximum Gasteiger partial charge on any atom is 0.282 e. The molecule has 0 radical (unpaired) electrons. The average molecular weight is 264 g/mol. The molecule has 2 rings (SSSR count). The molecule has 1 aromatic carbocycles. The van der Waals surface area contributed by atoms with E-state index < -0.39 is 4.92 Å². The largest absolute Gasteiger partial charge is 0.332 e. The third-order valence-electron chi connectivity index (χ3n) is 3.59. The first kappa shape index (κ1) is 13.5. The summed E-state index contributed by atoms with van der Waals surface area (Å²) in [7, 11) is 0. The Bertz CT molecular complexity index is 482.